The molecule has 3 atom stereocenters. The van der Waals surface area contributed by atoms with E-state index in [2.05, 4.69) is 30.9 Å². The van der Waals surface area contributed by atoms with Crippen LogP contribution in [-0.2, 0) is 11.2 Å². The lowest BCUT2D eigenvalue weighted by molar-refractivity contribution is -0.142. The fraction of sp³-hybridized carbons (Fsp3) is 0.769. The number of aromatic nitrogens is 2. The summed E-state index contributed by atoms with van der Waals surface area (Å²) in [5.74, 6) is 0.794. The normalized spacial score (nSPS) is 27.9. The van der Waals surface area contributed by atoms with E-state index >= 15 is 0 Å². The Bertz CT molecular complexity index is 428. The maximum Gasteiger partial charge on any atom is 0.307 e. The van der Waals surface area contributed by atoms with Gasteiger partial charge >= 0.3 is 5.97 Å². The first-order valence-electron chi connectivity index (χ1n) is 6.52. The molecule has 0 radical (unpaired) electrons. The highest BCUT2D eigenvalue weighted by Gasteiger charge is 2.41. The highest BCUT2D eigenvalue weighted by atomic mass is 16.5. The Morgan fingerprint density at radius 2 is 2.22 bits per heavy atom. The number of hydrogen-bond acceptors (Lipinski definition) is 4. The molecule has 1 fully saturated rings. The van der Waals surface area contributed by atoms with Gasteiger partial charge in [-0.2, -0.15) is 4.98 Å². The summed E-state index contributed by atoms with van der Waals surface area (Å²) >= 11 is 0. The van der Waals surface area contributed by atoms with Crippen molar-refractivity contribution in [1.29, 1.82) is 0 Å². The van der Waals surface area contributed by atoms with E-state index in [0.29, 0.717) is 30.0 Å². The SMILES string of the molecule is CC(C)Cc1noc(C2CC(C)CC2C(=O)O)n1. The molecule has 1 heterocycles. The molecule has 1 N–H and O–H groups in total. The summed E-state index contributed by atoms with van der Waals surface area (Å²) in [7, 11) is 0. The Morgan fingerprint density at radius 1 is 1.50 bits per heavy atom. The quantitative estimate of drug-likeness (QED) is 0.890. The minimum absolute atomic E-state index is 0.120. The second-order valence-corrected chi connectivity index (χ2v) is 5.77. The van der Waals surface area contributed by atoms with Crippen LogP contribution in [0.4, 0.5) is 0 Å². The van der Waals surface area contributed by atoms with Crippen LogP contribution < -0.4 is 0 Å². The maximum absolute atomic E-state index is 11.2. The fourth-order valence-electron chi connectivity index (χ4n) is 2.70. The van der Waals surface area contributed by atoms with Gasteiger partial charge in [0.1, 0.15) is 0 Å². The molecule has 18 heavy (non-hydrogen) atoms. The summed E-state index contributed by atoms with van der Waals surface area (Å²) in [6.07, 6.45) is 2.28. The number of hydrogen-bond donors (Lipinski definition) is 1. The first kappa shape index (κ1) is 13.1. The molecule has 5 heteroatoms. The van der Waals surface area contributed by atoms with Gasteiger partial charge in [0, 0.05) is 6.42 Å². The van der Waals surface area contributed by atoms with Gasteiger partial charge in [0.25, 0.3) is 0 Å². The van der Waals surface area contributed by atoms with E-state index in [9.17, 15) is 9.90 Å². The smallest absolute Gasteiger partial charge is 0.307 e. The molecule has 2 rings (SSSR count). The predicted molar refractivity (Wildman–Crippen MR) is 65.1 cm³/mol. The third-order valence-corrected chi connectivity index (χ3v) is 3.51. The predicted octanol–water partition coefficient (Wildman–Crippen LogP) is 2.48. The molecule has 3 unspecified atom stereocenters. The standard InChI is InChI=1S/C13H20N2O3/c1-7(2)4-11-14-12(18-15-11)9-5-8(3)6-10(9)13(16)17/h7-10H,4-6H2,1-3H3,(H,16,17). The summed E-state index contributed by atoms with van der Waals surface area (Å²) in [4.78, 5) is 15.6. The third-order valence-electron chi connectivity index (χ3n) is 3.51. The molecular weight excluding hydrogens is 232 g/mol. The molecule has 1 aromatic heterocycles. The molecule has 1 aliphatic rings. The molecule has 0 bridgehead atoms. The van der Waals surface area contributed by atoms with Crippen LogP contribution in [-0.4, -0.2) is 21.2 Å². The number of carboxylic acids is 1. The molecule has 0 saturated heterocycles. The summed E-state index contributed by atoms with van der Waals surface area (Å²) in [5.41, 5.74) is 0. The van der Waals surface area contributed by atoms with Gasteiger partial charge in [-0.1, -0.05) is 25.9 Å². The van der Waals surface area contributed by atoms with Crippen LogP contribution >= 0.6 is 0 Å². The van der Waals surface area contributed by atoms with Gasteiger partial charge in [-0.15, -0.1) is 0 Å². The lowest BCUT2D eigenvalue weighted by Gasteiger charge is -2.10. The number of carboxylic acid groups (broad SMARTS) is 1. The van der Waals surface area contributed by atoms with Crippen LogP contribution in [0.3, 0.4) is 0 Å². The Kier molecular flexibility index (Phi) is 3.68. The van der Waals surface area contributed by atoms with Gasteiger partial charge in [0.2, 0.25) is 5.89 Å². The van der Waals surface area contributed by atoms with Crippen LogP contribution in [0.5, 0.6) is 0 Å². The zero-order chi connectivity index (χ0) is 13.3. The highest BCUT2D eigenvalue weighted by molar-refractivity contribution is 5.71. The largest absolute Gasteiger partial charge is 0.481 e. The lowest BCUT2D eigenvalue weighted by atomic mass is 9.96. The zero-order valence-electron chi connectivity index (χ0n) is 11.1. The fourth-order valence-corrected chi connectivity index (χ4v) is 2.70. The number of nitrogens with zero attached hydrogens (tertiary/aromatic N) is 2. The number of carbonyl (C=O) groups is 1. The topological polar surface area (TPSA) is 76.2 Å². The monoisotopic (exact) mass is 252 g/mol. The Labute approximate surface area is 107 Å². The summed E-state index contributed by atoms with van der Waals surface area (Å²) < 4.78 is 5.25. The summed E-state index contributed by atoms with van der Waals surface area (Å²) in [6, 6.07) is 0. The van der Waals surface area contributed by atoms with Crippen LogP contribution in [0.2, 0.25) is 0 Å². The van der Waals surface area contributed by atoms with E-state index in [1.165, 1.54) is 0 Å². The second kappa shape index (κ2) is 5.08. The van der Waals surface area contributed by atoms with Crippen molar-refractivity contribution in [2.45, 2.75) is 46.0 Å². The molecule has 0 aromatic carbocycles. The van der Waals surface area contributed by atoms with Crippen LogP contribution in [0, 0.1) is 17.8 Å². The van der Waals surface area contributed by atoms with E-state index in [1.54, 1.807) is 0 Å². The van der Waals surface area contributed by atoms with E-state index in [4.69, 9.17) is 4.52 Å². The first-order chi connectivity index (χ1) is 8.47. The minimum Gasteiger partial charge on any atom is -0.481 e. The van der Waals surface area contributed by atoms with Gasteiger partial charge in [-0.05, 0) is 24.7 Å². The summed E-state index contributed by atoms with van der Waals surface area (Å²) in [6.45, 7) is 6.25. The second-order valence-electron chi connectivity index (χ2n) is 5.77. The van der Waals surface area contributed by atoms with E-state index in [-0.39, 0.29) is 11.8 Å². The van der Waals surface area contributed by atoms with Crippen LogP contribution in [0.1, 0.15) is 51.2 Å². The highest BCUT2D eigenvalue weighted by Crippen LogP contribution is 2.42. The van der Waals surface area contributed by atoms with Crippen LogP contribution in [0.25, 0.3) is 0 Å². The molecule has 1 saturated carbocycles. The van der Waals surface area contributed by atoms with Gasteiger partial charge in [-0.25, -0.2) is 0 Å². The van der Waals surface area contributed by atoms with E-state index < -0.39 is 5.97 Å². The average Bonchev–Trinajstić information content (AvgIpc) is 2.83. The molecule has 0 amide bonds. The van der Waals surface area contributed by atoms with Crippen molar-refractivity contribution >= 4 is 5.97 Å². The maximum atomic E-state index is 11.2. The zero-order valence-corrected chi connectivity index (χ0v) is 11.1. The third kappa shape index (κ3) is 2.71. The van der Waals surface area contributed by atoms with Crippen molar-refractivity contribution < 1.29 is 14.4 Å². The molecule has 5 nitrogen and oxygen atoms in total. The van der Waals surface area contributed by atoms with Crippen molar-refractivity contribution in [1.82, 2.24) is 10.1 Å². The van der Waals surface area contributed by atoms with E-state index in [0.717, 1.165) is 12.8 Å². The number of aliphatic carboxylic acids is 1. The van der Waals surface area contributed by atoms with Crippen molar-refractivity contribution in [2.75, 3.05) is 0 Å². The van der Waals surface area contributed by atoms with Crippen LogP contribution in [0.15, 0.2) is 4.52 Å². The van der Waals surface area contributed by atoms with E-state index in [1.807, 2.05) is 0 Å². The van der Waals surface area contributed by atoms with Gasteiger partial charge in [-0.3, -0.25) is 4.79 Å². The average molecular weight is 252 g/mol. The lowest BCUT2D eigenvalue weighted by Crippen LogP contribution is -2.17. The molecule has 1 aromatic rings. The van der Waals surface area contributed by atoms with Crippen molar-refractivity contribution in [2.24, 2.45) is 17.8 Å². The van der Waals surface area contributed by atoms with Crippen molar-refractivity contribution in [3.05, 3.63) is 11.7 Å². The summed E-state index contributed by atoms with van der Waals surface area (Å²) in [5, 5.41) is 13.2. The molecule has 1 aliphatic carbocycles. The Morgan fingerprint density at radius 3 is 2.83 bits per heavy atom. The van der Waals surface area contributed by atoms with Crippen molar-refractivity contribution in [3.8, 4) is 0 Å². The Balaban J connectivity index is 2.14. The molecule has 0 aliphatic heterocycles. The van der Waals surface area contributed by atoms with Gasteiger partial charge in [0.15, 0.2) is 5.82 Å². The van der Waals surface area contributed by atoms with Crippen molar-refractivity contribution in [3.63, 3.8) is 0 Å². The minimum atomic E-state index is -0.757. The van der Waals surface area contributed by atoms with Gasteiger partial charge < -0.3 is 9.63 Å². The number of rotatable bonds is 4. The van der Waals surface area contributed by atoms with Gasteiger partial charge in [0.05, 0.1) is 11.8 Å². The Hall–Kier alpha value is -1.39. The first-order valence-corrected chi connectivity index (χ1v) is 6.52. The molecule has 100 valence electrons. The molecule has 0 spiro atoms. The molecular formula is C13H20N2O3.